The van der Waals surface area contributed by atoms with E-state index in [4.69, 9.17) is 23.7 Å². The summed E-state index contributed by atoms with van der Waals surface area (Å²) in [5.41, 5.74) is 3.43. The number of nitrogens with zero attached hydrogens (tertiary/aromatic N) is 4. The Kier molecular flexibility index (Phi) is 27.5. The zero-order valence-electron chi connectivity index (χ0n) is 61.8. The molecule has 0 unspecified atom stereocenters. The van der Waals surface area contributed by atoms with Gasteiger partial charge in [0.05, 0.1) is 89.4 Å². The van der Waals surface area contributed by atoms with Crippen LogP contribution >= 0.6 is 0 Å². The largest absolute Gasteiger partial charge is 0.463 e. The molecule has 114 heavy (non-hydrogen) atoms. The maximum atomic E-state index is 12.8. The Bertz CT molecular complexity index is 5700. The average Bonchev–Trinajstić information content (AvgIpc) is 0.758. The molecular formula is C77H70N4O29S4. The van der Waals surface area contributed by atoms with Crippen molar-refractivity contribution in [3.63, 3.8) is 0 Å². The van der Waals surface area contributed by atoms with E-state index in [1.54, 1.807) is 91.0 Å². The van der Waals surface area contributed by atoms with Crippen LogP contribution in [0.1, 0.15) is 152 Å². The maximum Gasteiger partial charge on any atom is 0.330 e. The predicted molar refractivity (Wildman–Crippen MR) is 409 cm³/mol. The highest BCUT2D eigenvalue weighted by Gasteiger charge is 2.41. The molecule has 4 aliphatic heterocycles. The predicted octanol–water partition coefficient (Wildman–Crippen LogP) is 8.80. The highest BCUT2D eigenvalue weighted by Crippen LogP contribution is 2.38. The van der Waals surface area contributed by atoms with Gasteiger partial charge in [0.1, 0.15) is 13.2 Å². The molecule has 0 aliphatic carbocycles. The van der Waals surface area contributed by atoms with Crippen molar-refractivity contribution < 1.29 is 132 Å². The van der Waals surface area contributed by atoms with Gasteiger partial charge >= 0.3 is 23.9 Å². The van der Waals surface area contributed by atoms with Crippen molar-refractivity contribution in [2.75, 3.05) is 65.2 Å². The molecule has 0 spiro atoms. The molecule has 596 valence electrons. The zero-order chi connectivity index (χ0) is 83.3. The van der Waals surface area contributed by atoms with Gasteiger partial charge in [0.2, 0.25) is 0 Å². The number of ether oxygens (including phenoxy) is 5. The lowest BCUT2D eigenvalue weighted by molar-refractivity contribution is -0.140. The topological polar surface area (TPSA) is 437 Å². The number of hydrogen-bond donors (Lipinski definition) is 0. The van der Waals surface area contributed by atoms with Gasteiger partial charge < -0.3 is 23.7 Å². The molecule has 8 amide bonds. The monoisotopic (exact) mass is 1640 g/mol. The van der Waals surface area contributed by atoms with Crippen molar-refractivity contribution in [2.45, 2.75) is 46.5 Å². The van der Waals surface area contributed by atoms with Gasteiger partial charge in [0.25, 0.3) is 87.7 Å². The number of hydroxylamine groups is 8. The molecule has 12 rings (SSSR count). The Morgan fingerprint density at radius 2 is 0.675 bits per heavy atom. The van der Waals surface area contributed by atoms with Gasteiger partial charge in [-0.05, 0) is 136 Å². The van der Waals surface area contributed by atoms with Gasteiger partial charge in [-0.25, -0.2) is 14.4 Å². The third-order valence-corrected chi connectivity index (χ3v) is 18.0. The second-order valence-electron chi connectivity index (χ2n) is 24.9. The number of amides is 8. The number of imide groups is 4. The quantitative estimate of drug-likeness (QED) is 0.0160. The van der Waals surface area contributed by atoms with E-state index in [2.05, 4.69) is 17.1 Å². The molecule has 8 aromatic carbocycles. The number of methoxy groups -OCH3 is 1. The summed E-state index contributed by atoms with van der Waals surface area (Å²) in [4.78, 5) is 147. The van der Waals surface area contributed by atoms with Gasteiger partial charge in [0, 0.05) is 53.8 Å². The molecular weight excluding hydrogens is 1570 g/mol. The summed E-state index contributed by atoms with van der Waals surface area (Å²) in [6, 6.07) is 31.6. The summed E-state index contributed by atoms with van der Waals surface area (Å²) in [7, 11) is -14.8. The molecule has 0 N–H and O–H groups in total. The van der Waals surface area contributed by atoms with Gasteiger partial charge in [-0.15, -0.1) is 37.4 Å². The normalized spacial score (nSPS) is 14.1. The number of unbranched alkanes of at least 4 members (excludes halogenated alkanes) is 2. The molecule has 0 bridgehead atoms. The first-order valence-corrected chi connectivity index (χ1v) is 41.3. The molecule has 0 atom stereocenters. The van der Waals surface area contributed by atoms with E-state index in [1.807, 2.05) is 13.8 Å². The molecule has 37 heteroatoms. The lowest BCUT2D eigenvalue weighted by atomic mass is 9.92. The lowest BCUT2D eigenvalue weighted by Crippen LogP contribution is -2.41. The summed E-state index contributed by atoms with van der Waals surface area (Å²) in [5.74, 6) is -8.97. The van der Waals surface area contributed by atoms with Crippen LogP contribution < -0.4 is 0 Å². The SMILES string of the molecule is CC(=O)OC/C=C/c1ccc2c3c(cccc13)C(=O)N(OS(C)(=O)=O)C2=O.CCCCOC(=O)/C=C/c1cc2c3c(cccc3c1)C(=O)N(OS(C)(=O)=O)C2=O.CCCCOC(=O)/C=C/c1ccc2c3c(cccc13)C(=O)N(OS(C)(=O)=O)C2=O.COCCOC(=O)/C=C/c1ccc2c3c(cccc13)C(=O)N(OS(C)(=O)=O)C2=O. The second kappa shape index (κ2) is 36.5. The first-order valence-electron chi connectivity index (χ1n) is 34.1. The smallest absolute Gasteiger partial charge is 0.330 e. The summed E-state index contributed by atoms with van der Waals surface area (Å²) in [5, 5.41) is 4.84. The van der Waals surface area contributed by atoms with Crippen LogP contribution in [0.5, 0.6) is 0 Å². The highest BCUT2D eigenvalue weighted by molar-refractivity contribution is 7.86. The van der Waals surface area contributed by atoms with Crippen LogP contribution in [0.25, 0.3) is 67.4 Å². The fraction of sp³-hybridized carbons (Fsp3) is 0.221. The summed E-state index contributed by atoms with van der Waals surface area (Å²) < 4.78 is 134. The standard InChI is InChI=1S/2C20H19NO7S.C19H17NO8S.C18H15NO7S/c1-3-4-12-27-17(22)11-9-13-8-10-16-18-14(13)6-5-7-15(18)19(23)21(20(16)24)28-29(2,25)26;1-3-4-10-27-17(22)9-8-13-11-14-6-5-7-15-18(14)16(12-13)20(24)21(19(15)23)28-29(2,25)26;1-26-10-11-27-16(21)9-7-12-6-8-15-17-13(12)4-3-5-14(17)18(22)20(19(15)23)28-29(2,24)25;1-11(20)25-10-4-5-12-8-9-15-16-13(12)6-3-7-14(16)17(21)19(18(15)22)26-27(2,23)24/h5-11H,3-4,12H2,1-2H3;5-9,11-12H,3-4,10H2,1-2H3;3-9H,10-11H2,1-2H3;3-9H,10H2,1-2H3/b11-9+;9-8+;9-7+;5-4+. The summed E-state index contributed by atoms with van der Waals surface area (Å²) in [6.07, 6.45) is 18.0. The third-order valence-electron chi connectivity index (χ3n) is 16.3. The van der Waals surface area contributed by atoms with E-state index in [1.165, 1.54) is 92.9 Å². The molecule has 33 nitrogen and oxygen atoms in total. The van der Waals surface area contributed by atoms with E-state index in [-0.39, 0.29) is 84.6 Å². The van der Waals surface area contributed by atoms with E-state index >= 15 is 0 Å². The maximum absolute atomic E-state index is 12.8. The minimum Gasteiger partial charge on any atom is -0.463 e. The second-order valence-corrected chi connectivity index (χ2v) is 31.1. The highest BCUT2D eigenvalue weighted by atomic mass is 32.2. The number of benzene rings is 8. The van der Waals surface area contributed by atoms with Crippen LogP contribution in [0.15, 0.2) is 146 Å². The number of rotatable bonds is 26. The van der Waals surface area contributed by atoms with E-state index < -0.39 is 112 Å². The van der Waals surface area contributed by atoms with Crippen LogP contribution in [0.4, 0.5) is 0 Å². The van der Waals surface area contributed by atoms with Crippen LogP contribution in [-0.2, 0) is 100 Å². The Hall–Kier alpha value is -12.2. The molecule has 4 aliphatic rings. The minimum absolute atomic E-state index is 0.0894. The minimum atomic E-state index is -4.09. The Labute approximate surface area is 651 Å². The van der Waals surface area contributed by atoms with Crippen molar-refractivity contribution in [3.8, 4) is 0 Å². The average molecular weight is 1640 g/mol. The van der Waals surface area contributed by atoms with Crippen LogP contribution in [-0.4, -0.2) is 190 Å². The molecule has 0 radical (unpaired) electrons. The molecule has 8 aromatic rings. The van der Waals surface area contributed by atoms with Gasteiger partial charge in [-0.2, -0.15) is 33.7 Å². The lowest BCUT2D eigenvalue weighted by Gasteiger charge is -2.25. The number of carbonyl (C=O) groups excluding carboxylic acids is 12. The van der Waals surface area contributed by atoms with Crippen molar-refractivity contribution >= 4 is 179 Å². The van der Waals surface area contributed by atoms with Gasteiger partial charge in [0.15, 0.2) is 0 Å². The number of esters is 4. The van der Waals surface area contributed by atoms with Crippen molar-refractivity contribution in [3.05, 3.63) is 212 Å². The summed E-state index contributed by atoms with van der Waals surface area (Å²) in [6.45, 7) is 6.41. The fourth-order valence-corrected chi connectivity index (χ4v) is 13.2. The summed E-state index contributed by atoms with van der Waals surface area (Å²) >= 11 is 0. The first kappa shape index (κ1) is 85.8. The molecule has 0 fully saturated rings. The van der Waals surface area contributed by atoms with Gasteiger partial charge in [-0.1, -0.05) is 99.5 Å². The zero-order valence-corrected chi connectivity index (χ0v) is 65.1. The first-order chi connectivity index (χ1) is 53.8. The molecule has 4 heterocycles. The van der Waals surface area contributed by atoms with Crippen molar-refractivity contribution in [1.29, 1.82) is 0 Å². The number of hydrogen-bond acceptors (Lipinski definition) is 29. The van der Waals surface area contributed by atoms with Crippen LogP contribution in [0.3, 0.4) is 0 Å². The van der Waals surface area contributed by atoms with E-state index in [9.17, 15) is 91.2 Å². The Morgan fingerprint density at radius 1 is 0.360 bits per heavy atom. The Balaban J connectivity index is 0.000000174. The fourth-order valence-electron chi connectivity index (χ4n) is 11.6. The van der Waals surface area contributed by atoms with E-state index in [0.717, 1.165) is 50.7 Å². The molecule has 0 saturated heterocycles. The Morgan fingerprint density at radius 3 is 1.02 bits per heavy atom. The van der Waals surface area contributed by atoms with Crippen molar-refractivity contribution in [1.82, 2.24) is 20.3 Å². The van der Waals surface area contributed by atoms with E-state index in [0.29, 0.717) is 78.6 Å². The molecule has 0 aromatic heterocycles. The van der Waals surface area contributed by atoms with Crippen molar-refractivity contribution in [2.24, 2.45) is 0 Å². The number of carbonyl (C=O) groups is 12. The molecule has 0 saturated carbocycles. The van der Waals surface area contributed by atoms with Gasteiger partial charge in [-0.3, -0.25) is 43.2 Å². The van der Waals surface area contributed by atoms with Crippen LogP contribution in [0, 0.1) is 0 Å². The third kappa shape index (κ3) is 20.9. The van der Waals surface area contributed by atoms with Crippen LogP contribution in [0.2, 0.25) is 0 Å².